The van der Waals surface area contributed by atoms with Gasteiger partial charge in [0.2, 0.25) is 6.19 Å². The van der Waals surface area contributed by atoms with Gasteiger partial charge in [-0.05, 0) is 12.1 Å². The molecule has 0 saturated heterocycles. The van der Waals surface area contributed by atoms with Crippen LogP contribution in [-0.2, 0) is 0 Å². The third-order valence-electron chi connectivity index (χ3n) is 4.75. The summed E-state index contributed by atoms with van der Waals surface area (Å²) in [6.45, 7) is 7.02. The Morgan fingerprint density at radius 3 is 1.80 bits per heavy atom. The van der Waals surface area contributed by atoms with Crippen molar-refractivity contribution in [1.82, 2.24) is 9.97 Å². The standard InChI is InChI=1S/C20H4F4N6/c1-26-30-16-10-3-8(22)5-12(24)14(10)18-20(16)29-17-13-9(2-7(21)4-11(13)23)15(27-6-25)19(17)28-18/h2-5H/b27-15?,30-16+. The molecule has 0 bridgehead atoms. The van der Waals surface area contributed by atoms with Gasteiger partial charge in [0.15, 0.2) is 5.36 Å². The molecule has 0 aliphatic heterocycles. The number of nitrogens with zero attached hydrogens (tertiary/aromatic N) is 6. The molecule has 5 aromatic rings. The number of nitriles is 1. The zero-order valence-corrected chi connectivity index (χ0v) is 14.5. The molecule has 142 valence electrons. The lowest BCUT2D eigenvalue weighted by molar-refractivity contribution is 0.591. The number of aromatic nitrogens is 2. The van der Waals surface area contributed by atoms with Gasteiger partial charge in [0.1, 0.15) is 50.7 Å². The van der Waals surface area contributed by atoms with Gasteiger partial charge in [0, 0.05) is 33.7 Å². The molecule has 0 N–H and O–H groups in total. The van der Waals surface area contributed by atoms with Crippen LogP contribution in [0.15, 0.2) is 34.4 Å². The van der Waals surface area contributed by atoms with E-state index in [4.69, 9.17) is 11.8 Å². The molecule has 0 aliphatic carbocycles. The summed E-state index contributed by atoms with van der Waals surface area (Å²) in [5, 5.41) is 12.0. The predicted octanol–water partition coefficient (Wildman–Crippen LogP) is 3.64. The number of hydrogen-bond donors (Lipinski definition) is 0. The molecule has 0 saturated carbocycles. The van der Waals surface area contributed by atoms with Gasteiger partial charge in [-0.2, -0.15) is 16.8 Å². The fraction of sp³-hybridized carbons (Fsp3) is 0. The number of halogens is 4. The minimum absolute atomic E-state index is 0.0271. The van der Waals surface area contributed by atoms with Gasteiger partial charge in [0.25, 0.3) is 0 Å². The summed E-state index contributed by atoms with van der Waals surface area (Å²) in [5.74, 6) is -3.69. The van der Waals surface area contributed by atoms with Crippen LogP contribution in [0.25, 0.3) is 48.6 Å². The van der Waals surface area contributed by atoms with Gasteiger partial charge < -0.3 is 0 Å². The van der Waals surface area contributed by atoms with Crippen LogP contribution in [0.3, 0.4) is 0 Å². The van der Waals surface area contributed by atoms with E-state index in [2.05, 4.69) is 25.0 Å². The average molecular weight is 404 g/mol. The maximum atomic E-state index is 14.6. The van der Waals surface area contributed by atoms with Crippen LogP contribution in [0.5, 0.6) is 0 Å². The highest BCUT2D eigenvalue weighted by atomic mass is 19.1. The minimum Gasteiger partial charge on any atom is -0.241 e. The van der Waals surface area contributed by atoms with Crippen LogP contribution < -0.4 is 10.7 Å². The first-order valence-electron chi connectivity index (χ1n) is 8.28. The normalized spacial score (nSPS) is 13.0. The van der Waals surface area contributed by atoms with E-state index in [0.717, 1.165) is 12.1 Å². The number of rotatable bonds is 0. The maximum Gasteiger partial charge on any atom is 0.206 e. The summed E-state index contributed by atoms with van der Waals surface area (Å²) >= 11 is 0. The number of hydrogen-bond acceptors (Lipinski definition) is 5. The second-order valence-electron chi connectivity index (χ2n) is 6.35. The summed E-state index contributed by atoms with van der Waals surface area (Å²) < 4.78 is 56.8. The predicted molar refractivity (Wildman–Crippen MR) is 97.6 cm³/mol. The first-order valence-corrected chi connectivity index (χ1v) is 8.28. The lowest BCUT2D eigenvalue weighted by Crippen LogP contribution is -2.03. The maximum absolute atomic E-state index is 14.6. The first kappa shape index (κ1) is 17.6. The molecule has 5 rings (SSSR count). The largest absolute Gasteiger partial charge is 0.241 e. The van der Waals surface area contributed by atoms with E-state index in [0.29, 0.717) is 12.1 Å². The van der Waals surface area contributed by atoms with Gasteiger partial charge in [-0.25, -0.2) is 27.5 Å². The number of fused-ring (bicyclic) bond motifs is 6. The van der Waals surface area contributed by atoms with Crippen molar-refractivity contribution in [2.45, 2.75) is 0 Å². The molecular formula is C20H4F4N6. The summed E-state index contributed by atoms with van der Waals surface area (Å²) in [4.78, 5) is 15.1. The molecule has 0 radical (unpaired) electrons. The molecule has 0 spiro atoms. The van der Waals surface area contributed by atoms with Gasteiger partial charge in [-0.15, -0.1) is 4.95 Å². The van der Waals surface area contributed by atoms with Crippen LogP contribution in [0.2, 0.25) is 0 Å². The Morgan fingerprint density at radius 1 is 0.800 bits per heavy atom. The Balaban J connectivity index is 2.17. The van der Waals surface area contributed by atoms with Crippen molar-refractivity contribution in [3.8, 4) is 6.19 Å². The van der Waals surface area contributed by atoms with Crippen LogP contribution in [0.4, 0.5) is 17.6 Å². The molecule has 0 amide bonds. The highest BCUT2D eigenvalue weighted by molar-refractivity contribution is 6.15. The van der Waals surface area contributed by atoms with E-state index in [9.17, 15) is 17.6 Å². The summed E-state index contributed by atoms with van der Waals surface area (Å²) in [6, 6.07) is 3.27. The summed E-state index contributed by atoms with van der Waals surface area (Å²) in [5.41, 5.74) is -0.254. The summed E-state index contributed by atoms with van der Waals surface area (Å²) in [7, 11) is 0. The third-order valence-corrected chi connectivity index (χ3v) is 4.75. The Morgan fingerprint density at radius 2 is 1.30 bits per heavy atom. The van der Waals surface area contributed by atoms with Crippen LogP contribution >= 0.6 is 0 Å². The Bertz CT molecular complexity index is 1630. The highest BCUT2D eigenvalue weighted by Gasteiger charge is 2.23. The molecule has 0 unspecified atom stereocenters. The fourth-order valence-electron chi connectivity index (χ4n) is 3.69. The van der Waals surface area contributed by atoms with Gasteiger partial charge in [0.05, 0.1) is 5.10 Å². The molecule has 10 heteroatoms. The van der Waals surface area contributed by atoms with E-state index in [1.54, 1.807) is 6.19 Å². The second kappa shape index (κ2) is 6.03. The smallest absolute Gasteiger partial charge is 0.206 e. The minimum atomic E-state index is -0.958. The molecule has 1 aromatic heterocycles. The highest BCUT2D eigenvalue weighted by Crippen LogP contribution is 2.30. The molecule has 6 nitrogen and oxygen atoms in total. The third kappa shape index (κ3) is 2.22. The lowest BCUT2D eigenvalue weighted by Gasteiger charge is -1.96. The molecule has 4 aromatic carbocycles. The Kier molecular flexibility index (Phi) is 3.54. The topological polar surface area (TPSA) is 78.6 Å². The Hall–Kier alpha value is -4.44. The molecule has 0 fully saturated rings. The Labute approximate surface area is 163 Å². The van der Waals surface area contributed by atoms with Crippen molar-refractivity contribution in [3.63, 3.8) is 0 Å². The van der Waals surface area contributed by atoms with E-state index >= 15 is 0 Å². The zero-order valence-electron chi connectivity index (χ0n) is 14.5. The van der Waals surface area contributed by atoms with Crippen molar-refractivity contribution in [3.05, 3.63) is 69.8 Å². The van der Waals surface area contributed by atoms with E-state index in [1.165, 1.54) is 0 Å². The van der Waals surface area contributed by atoms with Crippen molar-refractivity contribution in [2.75, 3.05) is 0 Å². The second-order valence-corrected chi connectivity index (χ2v) is 6.35. The van der Waals surface area contributed by atoms with Gasteiger partial charge >= 0.3 is 0 Å². The van der Waals surface area contributed by atoms with E-state index in [-0.39, 0.29) is 54.3 Å². The molecule has 0 atom stereocenters. The molecule has 1 heterocycles. The fourth-order valence-corrected chi connectivity index (χ4v) is 3.69. The van der Waals surface area contributed by atoms with E-state index in [1.807, 2.05) is 0 Å². The average Bonchev–Trinajstić information content (AvgIpc) is 3.14. The molecule has 30 heavy (non-hydrogen) atoms. The van der Waals surface area contributed by atoms with Crippen molar-refractivity contribution in [1.29, 1.82) is 5.26 Å². The van der Waals surface area contributed by atoms with Crippen LogP contribution in [0.1, 0.15) is 0 Å². The monoisotopic (exact) mass is 404 g/mol. The van der Waals surface area contributed by atoms with Crippen LogP contribution in [-0.4, -0.2) is 9.97 Å². The quantitative estimate of drug-likeness (QED) is 0.171. The van der Waals surface area contributed by atoms with Crippen molar-refractivity contribution in [2.24, 2.45) is 10.1 Å². The molecular weight excluding hydrogens is 400 g/mol. The summed E-state index contributed by atoms with van der Waals surface area (Å²) in [6.07, 6.45) is 1.55. The van der Waals surface area contributed by atoms with Gasteiger partial charge in [-0.1, -0.05) is 0 Å². The van der Waals surface area contributed by atoms with Gasteiger partial charge in [-0.3, -0.25) is 0 Å². The van der Waals surface area contributed by atoms with Crippen LogP contribution in [0, 0.1) is 41.3 Å². The molecule has 0 aliphatic rings. The van der Waals surface area contributed by atoms with Crippen molar-refractivity contribution >= 4 is 43.6 Å². The zero-order chi connectivity index (χ0) is 21.2. The first-order chi connectivity index (χ1) is 14.4. The number of benzene rings is 2. The van der Waals surface area contributed by atoms with E-state index < -0.39 is 23.3 Å². The lowest BCUT2D eigenvalue weighted by atomic mass is 10.2. The van der Waals surface area contributed by atoms with Crippen molar-refractivity contribution < 1.29 is 17.6 Å². The SMILES string of the molecule is [C-]#[N+]/N=c1\c2cc(F)cc(F)c2c2nc3c(=NC#N)c4cc(F)cc(F)c4c3nc12.